The molecule has 2 rings (SSSR count). The molecule has 0 bridgehead atoms. The smallest absolute Gasteiger partial charge is 0.325 e. The standard InChI is InChI=1S/C13H18N2O2.ClH/c1-2-17-13(16)9-15-12-5-3-4-10-8-14-7-6-11(10)12;/h3-5,14-15H,2,6-9H2,1H3;1H. The van der Waals surface area contributed by atoms with Gasteiger partial charge in [-0.3, -0.25) is 4.79 Å². The number of hydrogen-bond acceptors (Lipinski definition) is 4. The van der Waals surface area contributed by atoms with Crippen molar-refractivity contribution < 1.29 is 9.53 Å². The minimum Gasteiger partial charge on any atom is -0.465 e. The Morgan fingerprint density at radius 1 is 1.50 bits per heavy atom. The van der Waals surface area contributed by atoms with Crippen molar-refractivity contribution in [3.63, 3.8) is 0 Å². The number of carbonyl (C=O) groups excluding carboxylic acids is 1. The number of rotatable bonds is 4. The van der Waals surface area contributed by atoms with Crippen LogP contribution in [0.3, 0.4) is 0 Å². The molecule has 0 radical (unpaired) electrons. The molecule has 0 unspecified atom stereocenters. The van der Waals surface area contributed by atoms with Crippen molar-refractivity contribution >= 4 is 24.1 Å². The van der Waals surface area contributed by atoms with Crippen LogP contribution in [-0.2, 0) is 22.5 Å². The van der Waals surface area contributed by atoms with Crippen LogP contribution in [0.5, 0.6) is 0 Å². The highest BCUT2D eigenvalue weighted by molar-refractivity contribution is 5.85. The van der Waals surface area contributed by atoms with Gasteiger partial charge in [-0.1, -0.05) is 12.1 Å². The van der Waals surface area contributed by atoms with E-state index < -0.39 is 0 Å². The van der Waals surface area contributed by atoms with Crippen LogP contribution >= 0.6 is 12.4 Å². The Morgan fingerprint density at radius 2 is 2.33 bits per heavy atom. The van der Waals surface area contributed by atoms with E-state index in [0.29, 0.717) is 6.61 Å². The lowest BCUT2D eigenvalue weighted by Crippen LogP contribution is -2.25. The van der Waals surface area contributed by atoms with E-state index in [4.69, 9.17) is 4.74 Å². The number of nitrogens with one attached hydrogen (secondary N) is 2. The van der Waals surface area contributed by atoms with E-state index in [9.17, 15) is 4.79 Å². The van der Waals surface area contributed by atoms with Crippen LogP contribution in [0.25, 0.3) is 0 Å². The van der Waals surface area contributed by atoms with Crippen LogP contribution in [0, 0.1) is 0 Å². The molecule has 1 heterocycles. The highest BCUT2D eigenvalue weighted by atomic mass is 35.5. The molecular weight excluding hydrogens is 252 g/mol. The molecule has 1 aromatic rings. The van der Waals surface area contributed by atoms with E-state index in [-0.39, 0.29) is 24.9 Å². The van der Waals surface area contributed by atoms with Gasteiger partial charge in [0, 0.05) is 12.2 Å². The molecule has 0 aliphatic carbocycles. The third kappa shape index (κ3) is 3.62. The molecule has 0 spiro atoms. The fourth-order valence-corrected chi connectivity index (χ4v) is 2.08. The molecule has 0 saturated carbocycles. The summed E-state index contributed by atoms with van der Waals surface area (Å²) in [6, 6.07) is 6.15. The lowest BCUT2D eigenvalue weighted by atomic mass is 9.99. The summed E-state index contributed by atoms with van der Waals surface area (Å²) in [6.07, 6.45) is 1.00. The zero-order valence-corrected chi connectivity index (χ0v) is 11.3. The van der Waals surface area contributed by atoms with Crippen molar-refractivity contribution in [2.24, 2.45) is 0 Å². The van der Waals surface area contributed by atoms with Gasteiger partial charge in [0.2, 0.25) is 0 Å². The van der Waals surface area contributed by atoms with Gasteiger partial charge in [0.15, 0.2) is 0 Å². The Labute approximate surface area is 114 Å². The van der Waals surface area contributed by atoms with Crippen LogP contribution in [0.1, 0.15) is 18.1 Å². The summed E-state index contributed by atoms with van der Waals surface area (Å²) >= 11 is 0. The molecule has 1 aliphatic rings. The summed E-state index contributed by atoms with van der Waals surface area (Å²) in [5.41, 5.74) is 3.68. The van der Waals surface area contributed by atoms with E-state index in [2.05, 4.69) is 16.7 Å². The molecule has 18 heavy (non-hydrogen) atoms. The first-order valence-electron chi connectivity index (χ1n) is 6.02. The Bertz CT molecular complexity index is 410. The minimum absolute atomic E-state index is 0. The summed E-state index contributed by atoms with van der Waals surface area (Å²) in [7, 11) is 0. The molecule has 5 heteroatoms. The van der Waals surface area contributed by atoms with E-state index in [1.165, 1.54) is 11.1 Å². The van der Waals surface area contributed by atoms with Crippen LogP contribution in [0.4, 0.5) is 5.69 Å². The second-order valence-corrected chi connectivity index (χ2v) is 4.03. The zero-order chi connectivity index (χ0) is 12.1. The Hall–Kier alpha value is -1.26. The maximum Gasteiger partial charge on any atom is 0.325 e. The average molecular weight is 271 g/mol. The van der Waals surface area contributed by atoms with Crippen molar-refractivity contribution in [2.75, 3.05) is 25.0 Å². The zero-order valence-electron chi connectivity index (χ0n) is 10.5. The molecular formula is C13H19ClN2O2. The van der Waals surface area contributed by atoms with Gasteiger partial charge in [-0.15, -0.1) is 12.4 Å². The molecule has 0 aromatic heterocycles. The number of hydrogen-bond donors (Lipinski definition) is 2. The van der Waals surface area contributed by atoms with Crippen LogP contribution < -0.4 is 10.6 Å². The van der Waals surface area contributed by atoms with Gasteiger partial charge in [0.05, 0.1) is 6.61 Å². The normalized spacial score (nSPS) is 13.2. The molecule has 0 amide bonds. The first-order chi connectivity index (χ1) is 8.31. The van der Waals surface area contributed by atoms with E-state index in [0.717, 1.165) is 25.2 Å². The van der Waals surface area contributed by atoms with Crippen molar-refractivity contribution in [1.82, 2.24) is 5.32 Å². The molecule has 0 saturated heterocycles. The summed E-state index contributed by atoms with van der Waals surface area (Å²) in [5.74, 6) is -0.209. The molecule has 4 nitrogen and oxygen atoms in total. The maximum absolute atomic E-state index is 11.3. The summed E-state index contributed by atoms with van der Waals surface area (Å²) < 4.78 is 4.89. The average Bonchev–Trinajstić information content (AvgIpc) is 2.36. The van der Waals surface area contributed by atoms with Gasteiger partial charge in [-0.2, -0.15) is 0 Å². The number of carbonyl (C=O) groups is 1. The molecule has 2 N–H and O–H groups in total. The van der Waals surface area contributed by atoms with Crippen molar-refractivity contribution in [1.29, 1.82) is 0 Å². The fraction of sp³-hybridized carbons (Fsp3) is 0.462. The van der Waals surface area contributed by atoms with Gasteiger partial charge in [0.25, 0.3) is 0 Å². The maximum atomic E-state index is 11.3. The SMILES string of the molecule is CCOC(=O)CNc1cccc2c1CCNC2.Cl. The third-order valence-electron chi connectivity index (χ3n) is 2.87. The number of halogens is 1. The molecule has 0 atom stereocenters. The molecule has 100 valence electrons. The lowest BCUT2D eigenvalue weighted by Gasteiger charge is -2.20. The van der Waals surface area contributed by atoms with Gasteiger partial charge in [-0.25, -0.2) is 0 Å². The van der Waals surface area contributed by atoms with E-state index >= 15 is 0 Å². The first-order valence-corrected chi connectivity index (χ1v) is 6.02. The van der Waals surface area contributed by atoms with Gasteiger partial charge >= 0.3 is 5.97 Å². The van der Waals surface area contributed by atoms with Crippen molar-refractivity contribution in [3.8, 4) is 0 Å². The number of ether oxygens (including phenoxy) is 1. The second kappa shape index (κ2) is 7.24. The molecule has 1 aliphatic heterocycles. The number of fused-ring (bicyclic) bond motifs is 1. The Kier molecular flexibility index (Phi) is 5.95. The van der Waals surface area contributed by atoms with Gasteiger partial charge < -0.3 is 15.4 Å². The van der Waals surface area contributed by atoms with E-state index in [1.54, 1.807) is 0 Å². The van der Waals surface area contributed by atoms with Crippen LogP contribution in [0.15, 0.2) is 18.2 Å². The summed E-state index contributed by atoms with van der Waals surface area (Å²) in [4.78, 5) is 11.3. The van der Waals surface area contributed by atoms with Gasteiger partial charge in [-0.05, 0) is 37.1 Å². The Morgan fingerprint density at radius 3 is 3.11 bits per heavy atom. The van der Waals surface area contributed by atoms with Gasteiger partial charge in [0.1, 0.15) is 6.54 Å². The predicted octanol–water partition coefficient (Wildman–Crippen LogP) is 1.73. The largest absolute Gasteiger partial charge is 0.465 e. The Balaban J connectivity index is 0.00000162. The molecule has 0 fully saturated rings. The molecule has 1 aromatic carbocycles. The van der Waals surface area contributed by atoms with Crippen LogP contribution in [-0.4, -0.2) is 25.7 Å². The highest BCUT2D eigenvalue weighted by Gasteiger charge is 2.12. The number of anilines is 1. The third-order valence-corrected chi connectivity index (χ3v) is 2.87. The van der Waals surface area contributed by atoms with E-state index in [1.807, 2.05) is 19.1 Å². The number of esters is 1. The fourth-order valence-electron chi connectivity index (χ4n) is 2.08. The quantitative estimate of drug-likeness (QED) is 0.818. The summed E-state index contributed by atoms with van der Waals surface area (Å²) in [5, 5.41) is 6.49. The summed E-state index contributed by atoms with van der Waals surface area (Å²) in [6.45, 7) is 4.37. The first kappa shape index (κ1) is 14.8. The highest BCUT2D eigenvalue weighted by Crippen LogP contribution is 2.22. The van der Waals surface area contributed by atoms with Crippen molar-refractivity contribution in [3.05, 3.63) is 29.3 Å². The predicted molar refractivity (Wildman–Crippen MR) is 74.2 cm³/mol. The topological polar surface area (TPSA) is 50.4 Å². The van der Waals surface area contributed by atoms with Crippen molar-refractivity contribution in [2.45, 2.75) is 19.9 Å². The lowest BCUT2D eigenvalue weighted by molar-refractivity contribution is -0.140. The second-order valence-electron chi connectivity index (χ2n) is 4.03. The minimum atomic E-state index is -0.209. The monoisotopic (exact) mass is 270 g/mol. The van der Waals surface area contributed by atoms with Crippen LogP contribution in [0.2, 0.25) is 0 Å². The number of benzene rings is 1.